The Bertz CT molecular complexity index is 407. The molecule has 5 heteroatoms. The molecule has 1 aliphatic heterocycles. The molecule has 0 radical (unpaired) electrons. The van der Waals surface area contributed by atoms with Crippen molar-refractivity contribution in [3.63, 3.8) is 0 Å². The zero-order valence-electron chi connectivity index (χ0n) is 11.1. The van der Waals surface area contributed by atoms with E-state index in [4.69, 9.17) is 9.26 Å². The fourth-order valence-electron chi connectivity index (χ4n) is 3.07. The van der Waals surface area contributed by atoms with Crippen LogP contribution in [0.1, 0.15) is 56.3 Å². The third kappa shape index (κ3) is 2.29. The number of hydrogen-bond donors (Lipinski definition) is 1. The summed E-state index contributed by atoms with van der Waals surface area (Å²) in [6.07, 6.45) is 4.84. The van der Waals surface area contributed by atoms with Gasteiger partial charge in [-0.2, -0.15) is 4.98 Å². The molecule has 5 nitrogen and oxygen atoms in total. The Morgan fingerprint density at radius 2 is 2.22 bits per heavy atom. The summed E-state index contributed by atoms with van der Waals surface area (Å²) in [4.78, 5) is 4.58. The molecule has 0 spiro atoms. The van der Waals surface area contributed by atoms with E-state index in [-0.39, 0.29) is 12.1 Å². The van der Waals surface area contributed by atoms with E-state index < -0.39 is 0 Å². The standard InChI is InChI=1S/C13H21N3O2/c1-8-3-4-9(5-8)12-15-13(18-16-12)11-6-10(17-2)7-14-11/h8-11,14H,3-7H2,1-2H3/t8?,9?,10-,11+/m0/s1. The minimum atomic E-state index is 0.162. The van der Waals surface area contributed by atoms with Crippen LogP contribution in [0.15, 0.2) is 4.52 Å². The monoisotopic (exact) mass is 251 g/mol. The Balaban J connectivity index is 1.66. The van der Waals surface area contributed by atoms with Crippen molar-refractivity contribution >= 4 is 0 Å². The number of nitrogens with one attached hydrogen (secondary N) is 1. The van der Waals surface area contributed by atoms with Crippen LogP contribution in [-0.2, 0) is 4.74 Å². The van der Waals surface area contributed by atoms with Gasteiger partial charge in [0, 0.05) is 19.6 Å². The summed E-state index contributed by atoms with van der Waals surface area (Å²) in [5.74, 6) is 2.91. The Morgan fingerprint density at radius 1 is 1.33 bits per heavy atom. The first-order chi connectivity index (χ1) is 8.76. The molecular formula is C13H21N3O2. The highest BCUT2D eigenvalue weighted by Gasteiger charge is 2.32. The molecule has 0 aromatic carbocycles. The van der Waals surface area contributed by atoms with E-state index in [0.29, 0.717) is 5.92 Å². The largest absolute Gasteiger partial charge is 0.380 e. The molecule has 2 unspecified atom stereocenters. The highest BCUT2D eigenvalue weighted by molar-refractivity contribution is 5.03. The third-order valence-corrected chi connectivity index (χ3v) is 4.24. The second-order valence-corrected chi connectivity index (χ2v) is 5.66. The number of nitrogens with zero attached hydrogens (tertiary/aromatic N) is 2. The third-order valence-electron chi connectivity index (χ3n) is 4.24. The molecule has 3 rings (SSSR count). The fourth-order valence-corrected chi connectivity index (χ4v) is 3.07. The van der Waals surface area contributed by atoms with Crippen molar-refractivity contribution in [2.75, 3.05) is 13.7 Å². The van der Waals surface area contributed by atoms with Gasteiger partial charge in [-0.05, 0) is 31.6 Å². The first kappa shape index (κ1) is 12.1. The van der Waals surface area contributed by atoms with Crippen molar-refractivity contribution in [1.29, 1.82) is 0 Å². The molecule has 2 aliphatic rings. The summed E-state index contributed by atoms with van der Waals surface area (Å²) >= 11 is 0. The lowest BCUT2D eigenvalue weighted by Crippen LogP contribution is -2.16. The topological polar surface area (TPSA) is 60.2 Å². The van der Waals surface area contributed by atoms with Crippen LogP contribution in [0.4, 0.5) is 0 Å². The molecule has 0 bridgehead atoms. The van der Waals surface area contributed by atoms with Gasteiger partial charge in [0.2, 0.25) is 5.89 Å². The smallest absolute Gasteiger partial charge is 0.243 e. The molecule has 1 aromatic rings. The van der Waals surface area contributed by atoms with E-state index in [1.807, 2.05) is 0 Å². The minimum Gasteiger partial charge on any atom is -0.380 e. The van der Waals surface area contributed by atoms with E-state index in [2.05, 4.69) is 22.4 Å². The molecule has 100 valence electrons. The van der Waals surface area contributed by atoms with Gasteiger partial charge in [-0.15, -0.1) is 0 Å². The van der Waals surface area contributed by atoms with Crippen LogP contribution in [0.5, 0.6) is 0 Å². The maximum Gasteiger partial charge on any atom is 0.243 e. The predicted octanol–water partition coefficient (Wildman–Crippen LogP) is 2.02. The molecule has 0 amide bonds. The normalized spacial score (nSPS) is 36.3. The fraction of sp³-hybridized carbons (Fsp3) is 0.846. The van der Waals surface area contributed by atoms with Crippen molar-refractivity contribution in [1.82, 2.24) is 15.5 Å². The quantitative estimate of drug-likeness (QED) is 0.890. The van der Waals surface area contributed by atoms with Crippen LogP contribution in [0.2, 0.25) is 0 Å². The van der Waals surface area contributed by atoms with Crippen LogP contribution in [0.3, 0.4) is 0 Å². The van der Waals surface area contributed by atoms with Gasteiger partial charge in [-0.25, -0.2) is 0 Å². The summed E-state index contributed by atoms with van der Waals surface area (Å²) < 4.78 is 10.7. The lowest BCUT2D eigenvalue weighted by Gasteiger charge is -2.04. The van der Waals surface area contributed by atoms with Crippen molar-refractivity contribution in [3.8, 4) is 0 Å². The van der Waals surface area contributed by atoms with E-state index in [0.717, 1.165) is 30.6 Å². The van der Waals surface area contributed by atoms with E-state index in [1.165, 1.54) is 19.3 Å². The first-order valence-corrected chi connectivity index (χ1v) is 6.86. The summed E-state index contributed by atoms with van der Waals surface area (Å²) in [6, 6.07) is 0.162. The average Bonchev–Trinajstić information content (AvgIpc) is 3.07. The van der Waals surface area contributed by atoms with E-state index in [1.54, 1.807) is 7.11 Å². The van der Waals surface area contributed by atoms with Gasteiger partial charge in [0.05, 0.1) is 12.1 Å². The molecule has 4 atom stereocenters. The molecular weight excluding hydrogens is 230 g/mol. The summed E-state index contributed by atoms with van der Waals surface area (Å²) in [5.41, 5.74) is 0. The second kappa shape index (κ2) is 4.97. The lowest BCUT2D eigenvalue weighted by molar-refractivity contribution is 0.116. The zero-order chi connectivity index (χ0) is 12.5. The Hall–Kier alpha value is -0.940. The van der Waals surface area contributed by atoms with Crippen LogP contribution < -0.4 is 5.32 Å². The Kier molecular flexibility index (Phi) is 3.35. The summed E-state index contributed by atoms with van der Waals surface area (Å²) in [6.45, 7) is 3.15. The Morgan fingerprint density at radius 3 is 2.89 bits per heavy atom. The number of rotatable bonds is 3. The van der Waals surface area contributed by atoms with Gasteiger partial charge in [0.15, 0.2) is 5.82 Å². The molecule has 18 heavy (non-hydrogen) atoms. The molecule has 1 N–H and O–H groups in total. The van der Waals surface area contributed by atoms with Gasteiger partial charge < -0.3 is 14.6 Å². The van der Waals surface area contributed by atoms with Gasteiger partial charge in [0.25, 0.3) is 0 Å². The number of aromatic nitrogens is 2. The average molecular weight is 251 g/mol. The van der Waals surface area contributed by atoms with Crippen molar-refractivity contribution in [2.24, 2.45) is 5.92 Å². The summed E-state index contributed by atoms with van der Waals surface area (Å²) in [5, 5.41) is 7.53. The second-order valence-electron chi connectivity index (χ2n) is 5.66. The zero-order valence-corrected chi connectivity index (χ0v) is 11.1. The number of ether oxygens (including phenoxy) is 1. The predicted molar refractivity (Wildman–Crippen MR) is 66.2 cm³/mol. The van der Waals surface area contributed by atoms with E-state index >= 15 is 0 Å². The number of hydrogen-bond acceptors (Lipinski definition) is 5. The molecule has 1 aliphatic carbocycles. The van der Waals surface area contributed by atoms with Crippen molar-refractivity contribution < 1.29 is 9.26 Å². The first-order valence-electron chi connectivity index (χ1n) is 6.86. The number of methoxy groups -OCH3 is 1. The maximum absolute atomic E-state index is 5.41. The Labute approximate surface area is 107 Å². The SMILES string of the molecule is CO[C@@H]1CN[C@@H](c2nc(C3CCC(C)C3)no2)C1. The van der Waals surface area contributed by atoms with Crippen molar-refractivity contribution in [2.45, 2.75) is 50.7 Å². The molecule has 1 saturated heterocycles. The van der Waals surface area contributed by atoms with Crippen LogP contribution >= 0.6 is 0 Å². The van der Waals surface area contributed by atoms with Gasteiger partial charge >= 0.3 is 0 Å². The molecule has 1 aromatic heterocycles. The van der Waals surface area contributed by atoms with Gasteiger partial charge in [0.1, 0.15) is 0 Å². The van der Waals surface area contributed by atoms with E-state index in [9.17, 15) is 0 Å². The highest BCUT2D eigenvalue weighted by atomic mass is 16.5. The van der Waals surface area contributed by atoms with Gasteiger partial charge in [-0.3, -0.25) is 0 Å². The van der Waals surface area contributed by atoms with Gasteiger partial charge in [-0.1, -0.05) is 12.1 Å². The molecule has 2 fully saturated rings. The molecule has 1 saturated carbocycles. The van der Waals surface area contributed by atoms with Crippen LogP contribution in [0.25, 0.3) is 0 Å². The maximum atomic E-state index is 5.41. The highest BCUT2D eigenvalue weighted by Crippen LogP contribution is 2.37. The van der Waals surface area contributed by atoms with Crippen LogP contribution in [-0.4, -0.2) is 29.9 Å². The minimum absolute atomic E-state index is 0.162. The molecule has 2 heterocycles. The summed E-state index contributed by atoms with van der Waals surface area (Å²) in [7, 11) is 1.74. The lowest BCUT2D eigenvalue weighted by atomic mass is 10.1. The van der Waals surface area contributed by atoms with Crippen LogP contribution in [0, 0.1) is 5.92 Å². The van der Waals surface area contributed by atoms with Crippen molar-refractivity contribution in [3.05, 3.63) is 11.7 Å².